The van der Waals surface area contributed by atoms with Gasteiger partial charge in [-0.15, -0.1) is 11.3 Å². The van der Waals surface area contributed by atoms with Gasteiger partial charge in [-0.2, -0.15) is 0 Å². The minimum Gasteiger partial charge on any atom is -0.381 e. The normalized spacial score (nSPS) is 10.7. The van der Waals surface area contributed by atoms with Crippen LogP contribution in [0.15, 0.2) is 22.7 Å². The highest BCUT2D eigenvalue weighted by molar-refractivity contribution is 9.10. The van der Waals surface area contributed by atoms with Crippen molar-refractivity contribution in [3.8, 4) is 0 Å². The Kier molecular flexibility index (Phi) is 4.13. The van der Waals surface area contributed by atoms with Gasteiger partial charge in [0, 0.05) is 26.5 Å². The topological polar surface area (TPSA) is 12.0 Å². The maximum Gasteiger partial charge on any atom is 0.0411 e. The van der Waals surface area contributed by atoms with Crippen molar-refractivity contribution >= 4 is 33.0 Å². The number of benzene rings is 1. The van der Waals surface area contributed by atoms with E-state index in [1.807, 2.05) is 11.3 Å². The van der Waals surface area contributed by atoms with Gasteiger partial charge in [-0.05, 0) is 62.6 Å². The van der Waals surface area contributed by atoms with Gasteiger partial charge in [0.05, 0.1) is 0 Å². The van der Waals surface area contributed by atoms with Crippen LogP contribution < -0.4 is 5.32 Å². The molecule has 0 fully saturated rings. The number of rotatable bonds is 3. The van der Waals surface area contributed by atoms with Crippen molar-refractivity contribution in [2.45, 2.75) is 34.2 Å². The number of aryl methyl sites for hydroxylation is 4. The summed E-state index contributed by atoms with van der Waals surface area (Å²) in [6.07, 6.45) is 0. The monoisotopic (exact) mass is 323 g/mol. The molecule has 3 heteroatoms. The molecular formula is C15H18BrNS. The van der Waals surface area contributed by atoms with E-state index in [1.54, 1.807) is 0 Å². The first-order valence-corrected chi connectivity index (χ1v) is 7.65. The second kappa shape index (κ2) is 5.45. The highest BCUT2D eigenvalue weighted by Gasteiger charge is 2.05. The van der Waals surface area contributed by atoms with E-state index in [4.69, 9.17) is 0 Å². The van der Waals surface area contributed by atoms with Crippen LogP contribution in [0.1, 0.15) is 26.4 Å². The van der Waals surface area contributed by atoms with Gasteiger partial charge in [0.15, 0.2) is 0 Å². The molecule has 2 rings (SSSR count). The van der Waals surface area contributed by atoms with Crippen LogP contribution in [0.3, 0.4) is 0 Å². The minimum absolute atomic E-state index is 0.899. The second-order valence-electron chi connectivity index (χ2n) is 4.72. The summed E-state index contributed by atoms with van der Waals surface area (Å²) in [7, 11) is 0. The van der Waals surface area contributed by atoms with Gasteiger partial charge in [-0.1, -0.05) is 15.9 Å². The predicted molar refractivity (Wildman–Crippen MR) is 84.7 cm³/mol. The average molecular weight is 324 g/mol. The Balaban J connectivity index is 2.13. The maximum atomic E-state index is 3.60. The van der Waals surface area contributed by atoms with Crippen LogP contribution in [0.5, 0.6) is 0 Å². The summed E-state index contributed by atoms with van der Waals surface area (Å²) in [4.78, 5) is 2.79. The molecule has 96 valence electrons. The van der Waals surface area contributed by atoms with E-state index in [0.29, 0.717) is 0 Å². The summed E-state index contributed by atoms with van der Waals surface area (Å²) in [5.41, 5.74) is 5.14. The third kappa shape index (κ3) is 2.96. The van der Waals surface area contributed by atoms with Crippen molar-refractivity contribution in [1.29, 1.82) is 0 Å². The fourth-order valence-electron chi connectivity index (χ4n) is 2.10. The Morgan fingerprint density at radius 3 is 2.17 bits per heavy atom. The molecule has 1 N–H and O–H groups in total. The number of thiophene rings is 1. The molecular weight excluding hydrogens is 306 g/mol. The molecule has 0 atom stereocenters. The first-order chi connectivity index (χ1) is 8.47. The van der Waals surface area contributed by atoms with Gasteiger partial charge >= 0.3 is 0 Å². The van der Waals surface area contributed by atoms with E-state index in [9.17, 15) is 0 Å². The second-order valence-corrected chi connectivity index (χ2v) is 6.97. The summed E-state index contributed by atoms with van der Waals surface area (Å²) in [6.45, 7) is 9.50. The van der Waals surface area contributed by atoms with E-state index < -0.39 is 0 Å². The first kappa shape index (κ1) is 13.6. The molecule has 0 aliphatic rings. The lowest BCUT2D eigenvalue weighted by atomic mass is 10.1. The fourth-order valence-corrected chi connectivity index (χ4v) is 3.28. The SMILES string of the molecule is Cc1cc(CNc2cc(C)c(Br)c(C)c2)c(C)s1. The smallest absolute Gasteiger partial charge is 0.0411 e. The molecule has 1 aromatic heterocycles. The van der Waals surface area contributed by atoms with Crippen molar-refractivity contribution in [2.24, 2.45) is 0 Å². The molecule has 1 nitrogen and oxygen atoms in total. The number of hydrogen-bond donors (Lipinski definition) is 1. The quantitative estimate of drug-likeness (QED) is 0.802. The highest BCUT2D eigenvalue weighted by atomic mass is 79.9. The molecule has 0 radical (unpaired) electrons. The highest BCUT2D eigenvalue weighted by Crippen LogP contribution is 2.26. The molecule has 0 unspecified atom stereocenters. The van der Waals surface area contributed by atoms with Crippen molar-refractivity contribution in [3.05, 3.63) is 49.1 Å². The Bertz CT molecular complexity index is 549. The first-order valence-electron chi connectivity index (χ1n) is 6.04. The van der Waals surface area contributed by atoms with Gasteiger partial charge in [0.2, 0.25) is 0 Å². The Labute approximate surface area is 121 Å². The van der Waals surface area contributed by atoms with Crippen LogP contribution in [0.2, 0.25) is 0 Å². The van der Waals surface area contributed by atoms with E-state index >= 15 is 0 Å². The molecule has 1 aromatic carbocycles. The molecule has 0 saturated heterocycles. The molecule has 2 aromatic rings. The van der Waals surface area contributed by atoms with Gasteiger partial charge in [0.25, 0.3) is 0 Å². The van der Waals surface area contributed by atoms with Crippen molar-refractivity contribution < 1.29 is 0 Å². The Morgan fingerprint density at radius 1 is 1.06 bits per heavy atom. The lowest BCUT2D eigenvalue weighted by molar-refractivity contribution is 1.13. The Hall–Kier alpha value is -0.800. The minimum atomic E-state index is 0.899. The molecule has 1 heterocycles. The zero-order valence-electron chi connectivity index (χ0n) is 11.2. The number of anilines is 1. The number of halogens is 1. The van der Waals surface area contributed by atoms with Crippen LogP contribution in [0.25, 0.3) is 0 Å². The summed E-state index contributed by atoms with van der Waals surface area (Å²) < 4.78 is 1.20. The van der Waals surface area contributed by atoms with E-state index in [1.165, 1.54) is 36.6 Å². The molecule has 0 bridgehead atoms. The zero-order chi connectivity index (χ0) is 13.3. The third-order valence-corrected chi connectivity index (χ3v) is 5.32. The van der Waals surface area contributed by atoms with Gasteiger partial charge in [-0.3, -0.25) is 0 Å². The summed E-state index contributed by atoms with van der Waals surface area (Å²) in [5.74, 6) is 0. The molecule has 0 spiro atoms. The summed E-state index contributed by atoms with van der Waals surface area (Å²) >= 11 is 5.46. The summed E-state index contributed by atoms with van der Waals surface area (Å²) in [5, 5.41) is 3.51. The van der Waals surface area contributed by atoms with Gasteiger partial charge in [-0.25, -0.2) is 0 Å². The van der Waals surface area contributed by atoms with E-state index in [0.717, 1.165) is 6.54 Å². The van der Waals surface area contributed by atoms with Crippen LogP contribution in [-0.4, -0.2) is 0 Å². The maximum absolute atomic E-state index is 3.60. The molecule has 0 aliphatic carbocycles. The van der Waals surface area contributed by atoms with Crippen LogP contribution in [0.4, 0.5) is 5.69 Å². The molecule has 18 heavy (non-hydrogen) atoms. The van der Waals surface area contributed by atoms with Gasteiger partial charge < -0.3 is 5.32 Å². The molecule has 0 aliphatic heterocycles. The lowest BCUT2D eigenvalue weighted by Gasteiger charge is -2.10. The summed E-state index contributed by atoms with van der Waals surface area (Å²) in [6, 6.07) is 6.64. The fraction of sp³-hybridized carbons (Fsp3) is 0.333. The molecule has 0 saturated carbocycles. The van der Waals surface area contributed by atoms with Crippen molar-refractivity contribution in [3.63, 3.8) is 0 Å². The van der Waals surface area contributed by atoms with Crippen LogP contribution in [0, 0.1) is 27.7 Å². The number of nitrogens with one attached hydrogen (secondary N) is 1. The van der Waals surface area contributed by atoms with E-state index in [-0.39, 0.29) is 0 Å². The van der Waals surface area contributed by atoms with Gasteiger partial charge in [0.1, 0.15) is 0 Å². The Morgan fingerprint density at radius 2 is 1.67 bits per heavy atom. The lowest BCUT2D eigenvalue weighted by Crippen LogP contribution is -2.00. The predicted octanol–water partition coefficient (Wildman–Crippen LogP) is 5.36. The largest absolute Gasteiger partial charge is 0.381 e. The van der Waals surface area contributed by atoms with Crippen molar-refractivity contribution in [1.82, 2.24) is 0 Å². The van der Waals surface area contributed by atoms with Crippen molar-refractivity contribution in [2.75, 3.05) is 5.32 Å². The van der Waals surface area contributed by atoms with Crippen LogP contribution in [-0.2, 0) is 6.54 Å². The molecule has 0 amide bonds. The zero-order valence-corrected chi connectivity index (χ0v) is 13.6. The van der Waals surface area contributed by atoms with Crippen LogP contribution >= 0.6 is 27.3 Å². The third-order valence-electron chi connectivity index (χ3n) is 3.06. The average Bonchev–Trinajstić information content (AvgIpc) is 2.62. The number of hydrogen-bond acceptors (Lipinski definition) is 2. The van der Waals surface area contributed by atoms with E-state index in [2.05, 4.69) is 67.1 Å². The standard InChI is InChI=1S/C15H18BrNS/c1-9-5-14(6-10(2)15(9)16)17-8-13-7-11(3)18-12(13)4/h5-7,17H,8H2,1-4H3.